The Labute approximate surface area is 722 Å². The monoisotopic (exact) mass is 1760 g/mol. The fraction of sp³-hybridized carbons (Fsp3) is 0.602. The average molecular weight is 1760 g/mol. The topological polar surface area (TPSA) is 645 Å². The molecule has 686 valence electrons. The lowest BCUT2D eigenvalue weighted by Crippen LogP contribution is -2.61. The zero-order valence-corrected chi connectivity index (χ0v) is 72.0. The minimum atomic E-state index is -3.96. The molecule has 1 aliphatic rings. The van der Waals surface area contributed by atoms with Crippen LogP contribution in [0.5, 0.6) is 0 Å². The fourth-order valence-corrected chi connectivity index (χ4v) is 14.5. The molecule has 0 unspecified atom stereocenters. The van der Waals surface area contributed by atoms with Crippen LogP contribution in [0.1, 0.15) is 204 Å². The molecule has 3 heterocycles. The van der Waals surface area contributed by atoms with Crippen LogP contribution in [0.3, 0.4) is 0 Å². The molecule has 4 aromatic rings. The largest absolute Gasteiger partial charge is 0.394 e. The molecule has 0 saturated carbocycles. The lowest BCUT2D eigenvalue weighted by atomic mass is 10.0. The van der Waals surface area contributed by atoms with Gasteiger partial charge in [-0.2, -0.15) is 0 Å². The number of aromatic nitrogens is 3. The van der Waals surface area contributed by atoms with Crippen molar-refractivity contribution in [3.63, 3.8) is 0 Å². The van der Waals surface area contributed by atoms with Gasteiger partial charge in [0.2, 0.25) is 88.6 Å². The van der Waals surface area contributed by atoms with Crippen molar-refractivity contribution >= 4 is 115 Å². The number of para-hydroxylation sites is 1. The molecule has 2 aromatic carbocycles. The average Bonchev–Trinajstić information content (AvgIpc) is 1.35. The molecule has 41 heteroatoms. The molecule has 1 aliphatic heterocycles. The van der Waals surface area contributed by atoms with Crippen molar-refractivity contribution in [2.24, 2.45) is 17.2 Å². The SMILES string of the molecule is CCCCCCCCCCCCCCCC(=O)NCC(=O)N[C@@H](CO)C(=O)N[C@@H](CCC(N)=O)C(=O)N[C@@H](Cc1c[nH]cn1)C(=O)N[C@@H](CO)C(=O)N[C@@H](CCCC)C(=O)N[C@H]1CCC(=O)NCCCC[C@@H](C(N)=O)NC(=O)[C@H](Cc2c[nH]c3ccccc23)NC(=O)[C@H](CCCNC(=N)N)NC(=O)[C@@H](Cc2ccccc2)NC(=O)[C@H](CCS(C)(=O)=O)NC1=O. The summed E-state index contributed by atoms with van der Waals surface area (Å²) in [6.07, 6.45) is 16.7. The highest BCUT2D eigenvalue weighted by Gasteiger charge is 2.38. The minimum absolute atomic E-state index is 0.0203. The zero-order valence-electron chi connectivity index (χ0n) is 71.2. The van der Waals surface area contributed by atoms with Gasteiger partial charge in [0.25, 0.3) is 0 Å². The predicted octanol–water partition coefficient (Wildman–Crippen LogP) is -1.45. The van der Waals surface area contributed by atoms with Crippen molar-refractivity contribution in [3.8, 4) is 0 Å². The lowest BCUT2D eigenvalue weighted by Gasteiger charge is -2.28. The summed E-state index contributed by atoms with van der Waals surface area (Å²) in [6, 6.07) is -2.91. The number of rotatable bonds is 49. The van der Waals surface area contributed by atoms with Crippen molar-refractivity contribution in [1.29, 1.82) is 5.41 Å². The number of aliphatic hydroxyl groups is 2. The quantitative estimate of drug-likeness (QED) is 0.0137. The number of sulfone groups is 1. The van der Waals surface area contributed by atoms with E-state index >= 15 is 0 Å². The third-order valence-corrected chi connectivity index (χ3v) is 21.8. The van der Waals surface area contributed by atoms with Gasteiger partial charge >= 0.3 is 0 Å². The summed E-state index contributed by atoms with van der Waals surface area (Å²) in [5.74, 6) is -15.8. The summed E-state index contributed by atoms with van der Waals surface area (Å²) >= 11 is 0. The van der Waals surface area contributed by atoms with Gasteiger partial charge in [-0.1, -0.05) is 152 Å². The van der Waals surface area contributed by atoms with Crippen LogP contribution >= 0.6 is 0 Å². The first kappa shape index (κ1) is 103. The molecule has 5 rings (SSSR count). The highest BCUT2D eigenvalue weighted by molar-refractivity contribution is 7.90. The lowest BCUT2D eigenvalue weighted by molar-refractivity contribution is -0.137. The molecule has 1 fully saturated rings. The number of hydrogen-bond acceptors (Lipinski definition) is 21. The van der Waals surface area contributed by atoms with Crippen LogP contribution in [0.2, 0.25) is 0 Å². The van der Waals surface area contributed by atoms with E-state index in [1.165, 1.54) is 63.9 Å². The second-order valence-electron chi connectivity index (χ2n) is 31.2. The zero-order chi connectivity index (χ0) is 90.9. The van der Waals surface area contributed by atoms with Crippen LogP contribution in [0, 0.1) is 5.41 Å². The number of fused-ring (bicyclic) bond motifs is 1. The van der Waals surface area contributed by atoms with Gasteiger partial charge in [-0.25, -0.2) is 13.4 Å². The van der Waals surface area contributed by atoms with E-state index in [9.17, 15) is 90.5 Å². The first-order chi connectivity index (χ1) is 59.3. The number of nitrogens with two attached hydrogens (primary N) is 3. The van der Waals surface area contributed by atoms with Crippen LogP contribution in [0.15, 0.2) is 73.3 Å². The highest BCUT2D eigenvalue weighted by Crippen LogP contribution is 2.21. The smallest absolute Gasteiger partial charge is 0.245 e. The van der Waals surface area contributed by atoms with E-state index in [4.69, 9.17) is 22.6 Å². The molecule has 40 nitrogen and oxygen atoms in total. The Morgan fingerprint density at radius 2 is 1.09 bits per heavy atom. The summed E-state index contributed by atoms with van der Waals surface area (Å²) in [6.45, 7) is 1.18. The van der Waals surface area contributed by atoms with E-state index in [1.54, 1.807) is 67.7 Å². The van der Waals surface area contributed by atoms with E-state index in [-0.39, 0.29) is 83.0 Å². The summed E-state index contributed by atoms with van der Waals surface area (Å²) in [5, 5.41) is 64.9. The number of H-pyrrole nitrogens is 2. The number of guanidine groups is 1. The molecule has 1 saturated heterocycles. The number of carbonyl (C=O) groups excluding carboxylic acids is 15. The Balaban J connectivity index is 1.38. The van der Waals surface area contributed by atoms with Gasteiger partial charge in [-0.15, -0.1) is 0 Å². The molecule has 0 aliphatic carbocycles. The summed E-state index contributed by atoms with van der Waals surface area (Å²) < 4.78 is 25.9. The van der Waals surface area contributed by atoms with E-state index < -0.39 is 235 Å². The molecular formula is C83H129N21O19S. The third kappa shape index (κ3) is 39.7. The van der Waals surface area contributed by atoms with Gasteiger partial charge in [0, 0.05) is 81.2 Å². The van der Waals surface area contributed by atoms with Gasteiger partial charge in [-0.05, 0) is 81.4 Å². The van der Waals surface area contributed by atoms with Crippen LogP contribution in [-0.4, -0.2) is 239 Å². The second-order valence-corrected chi connectivity index (χ2v) is 33.5. The van der Waals surface area contributed by atoms with Crippen molar-refractivity contribution in [1.82, 2.24) is 89.4 Å². The summed E-state index contributed by atoms with van der Waals surface area (Å²) in [5.41, 5.74) is 18.8. The van der Waals surface area contributed by atoms with Crippen LogP contribution in [0.4, 0.5) is 0 Å². The van der Waals surface area contributed by atoms with Crippen molar-refractivity contribution in [2.45, 2.75) is 273 Å². The highest BCUT2D eigenvalue weighted by atomic mass is 32.2. The maximum absolute atomic E-state index is 15.0. The maximum atomic E-state index is 15.0. The van der Waals surface area contributed by atoms with E-state index in [0.717, 1.165) is 31.9 Å². The summed E-state index contributed by atoms with van der Waals surface area (Å²) in [4.78, 5) is 221. The van der Waals surface area contributed by atoms with Gasteiger partial charge in [-0.3, -0.25) is 77.3 Å². The minimum Gasteiger partial charge on any atom is -0.394 e. The summed E-state index contributed by atoms with van der Waals surface area (Å²) in [7, 11) is -3.96. The number of aromatic amines is 2. The molecule has 0 radical (unpaired) electrons. The Bertz CT molecular complexity index is 4250. The molecule has 15 amide bonds. The number of amides is 15. The maximum Gasteiger partial charge on any atom is 0.245 e. The molecule has 0 bridgehead atoms. The molecule has 11 atom stereocenters. The number of carbonyl (C=O) groups is 15. The Morgan fingerprint density at radius 3 is 1.69 bits per heavy atom. The number of hydrogen-bond donors (Lipinski definition) is 22. The molecule has 25 N–H and O–H groups in total. The third-order valence-electron chi connectivity index (χ3n) is 20.9. The number of nitrogens with one attached hydrogen (secondary N) is 17. The van der Waals surface area contributed by atoms with Crippen molar-refractivity contribution in [3.05, 3.63) is 90.1 Å². The van der Waals surface area contributed by atoms with Crippen molar-refractivity contribution < 1.29 is 90.5 Å². The number of primary amides is 2. The second kappa shape index (κ2) is 56.2. The van der Waals surface area contributed by atoms with Gasteiger partial charge in [0.05, 0.1) is 37.5 Å². The van der Waals surface area contributed by atoms with E-state index in [1.807, 2.05) is 0 Å². The number of imidazole rings is 1. The molecule has 2 aromatic heterocycles. The Kier molecular flexibility index (Phi) is 46.7. The predicted molar refractivity (Wildman–Crippen MR) is 460 cm³/mol. The normalized spacial score (nSPS) is 18.5. The van der Waals surface area contributed by atoms with Crippen LogP contribution < -0.4 is 91.6 Å². The fourth-order valence-electron chi connectivity index (χ4n) is 13.8. The van der Waals surface area contributed by atoms with Crippen LogP contribution in [-0.2, 0) is 101 Å². The Morgan fingerprint density at radius 1 is 0.548 bits per heavy atom. The molecule has 0 spiro atoms. The van der Waals surface area contributed by atoms with Crippen molar-refractivity contribution in [2.75, 3.05) is 44.9 Å². The standard InChI is InChI=1S/C83H129N21O19S/c1-4-6-8-9-10-11-12-13-14-15-16-17-21-34-69(108)92-48-71(110)94-66(49-105)81(120)99-60(35-37-68(84)107)76(115)103-65(45-54-47-88-51-93-54)80(119)104-67(50-106)82(121)97-58(30-7-5-2)73(112)98-61-36-38-70(109)89-40-25-24-32-57(72(85)111)95-79(118)64(44-53-46-91-56-31-23-22-29-55(53)56)102-74(113)59(33-26-41-90-83(86)87)96-78(117)63(43-52-27-19-18-20-28-52)101-77(116)62(100-75(61)114)39-42-124(3,122)123/h18-20,22-23,27-29,31,46-47,51,57-67,91,105-106H,4-17,21,24-26,30,32-45,48-50H2,1-3H3,(H2,84,107)(H2,85,111)(H,88,93)(H,89,109)(H,92,108)(H,94,110)(H,95,118)(H,96,117)(H,97,121)(H,98,112)(H,99,120)(H,100,114)(H,101,116)(H,102,113)(H,103,115)(H,104,119)(H4,86,87,90)/t57-,58-,59-,60-,61-,62-,63+,64-,65-,66-,67-/m0/s1. The number of benzene rings is 2. The van der Waals surface area contributed by atoms with E-state index in [0.29, 0.717) is 34.9 Å². The Hall–Kier alpha value is -11.6. The first-order valence-electron chi connectivity index (χ1n) is 42.8. The van der Waals surface area contributed by atoms with Gasteiger partial charge in [0.1, 0.15) is 76.3 Å². The molecule has 124 heavy (non-hydrogen) atoms. The molecular weight excluding hydrogens is 1630 g/mol. The van der Waals surface area contributed by atoms with Gasteiger partial charge < -0.3 is 112 Å². The number of unbranched alkanes of at least 4 members (excludes halogenated alkanes) is 13. The number of nitrogens with zero attached hydrogens (tertiary/aromatic N) is 1. The number of aliphatic hydroxyl groups excluding tert-OH is 2. The van der Waals surface area contributed by atoms with E-state index in [2.05, 4.69) is 96.3 Å². The first-order valence-corrected chi connectivity index (χ1v) is 44.9. The van der Waals surface area contributed by atoms with Gasteiger partial charge in [0.15, 0.2) is 5.96 Å². The van der Waals surface area contributed by atoms with Crippen LogP contribution in [0.25, 0.3) is 10.9 Å².